The van der Waals surface area contributed by atoms with Crippen LogP contribution in [-0.2, 0) is 0 Å². The van der Waals surface area contributed by atoms with Gasteiger partial charge in [0.25, 0.3) is 0 Å². The second-order valence-electron chi connectivity index (χ2n) is 0.905. The molecule has 0 amide bonds. The highest BCUT2D eigenvalue weighted by Crippen LogP contribution is 1.98. The first-order valence-electron chi connectivity index (χ1n) is 1.54. The summed E-state index contributed by atoms with van der Waals surface area (Å²) in [5.41, 5.74) is 0. The molecule has 1 aromatic rings. The Bertz CT molecular complexity index is 113. The molecule has 0 unspecified atom stereocenters. The van der Waals surface area contributed by atoms with Gasteiger partial charge >= 0.3 is 0 Å². The van der Waals surface area contributed by atoms with Crippen LogP contribution in [0.15, 0.2) is 16.9 Å². The molecule has 7 heavy (non-hydrogen) atoms. The van der Waals surface area contributed by atoms with Crippen molar-refractivity contribution in [3.8, 4) is 0 Å². The van der Waals surface area contributed by atoms with Gasteiger partial charge in [0.2, 0.25) is 0 Å². The first kappa shape index (κ1) is 6.69. The predicted molar refractivity (Wildman–Crippen MR) is 33.0 cm³/mol. The minimum absolute atomic E-state index is 0. The molecule has 3 heteroatoms. The summed E-state index contributed by atoms with van der Waals surface area (Å²) in [6.45, 7) is 0. The maximum absolute atomic E-state index is 3.65. The Labute approximate surface area is 51.1 Å². The van der Waals surface area contributed by atoms with Crippen LogP contribution in [0.4, 0.5) is 0 Å². The van der Waals surface area contributed by atoms with Gasteiger partial charge in [-0.2, -0.15) is 5.10 Å². The molecule has 0 spiro atoms. The Kier molecular flexibility index (Phi) is 2.67. The zero-order valence-electron chi connectivity index (χ0n) is 2.98. The molecule has 1 N–H and O–H groups in total. The fourth-order valence-electron chi connectivity index (χ4n) is 0.239. The Morgan fingerprint density at radius 2 is 2.43 bits per heavy atom. The number of hydrogen-bond donors (Lipinski definition) is 1. The van der Waals surface area contributed by atoms with Gasteiger partial charge in [-0.15, -0.1) is 0 Å². The van der Waals surface area contributed by atoms with Crippen molar-refractivity contribution in [1.29, 1.82) is 0 Å². The third-order valence-corrected chi connectivity index (χ3v) is 0.908. The van der Waals surface area contributed by atoms with Crippen LogP contribution in [-0.4, -0.2) is 10.2 Å². The molecular weight excluding hydrogens is 156 g/mol. The number of nitrogens with zero attached hydrogens (tertiary/aromatic N) is 1. The Hall–Kier alpha value is -0.310. The van der Waals surface area contributed by atoms with Crippen molar-refractivity contribution >= 4 is 15.9 Å². The van der Waals surface area contributed by atoms with Gasteiger partial charge in [0.15, 0.2) is 0 Å². The minimum atomic E-state index is 0. The number of rotatable bonds is 0. The van der Waals surface area contributed by atoms with E-state index >= 15 is 0 Å². The molecule has 0 fully saturated rings. The number of aromatic amines is 1. The maximum atomic E-state index is 3.65. The zero-order valence-corrected chi connectivity index (χ0v) is 4.57. The highest BCUT2D eigenvalue weighted by atomic mass is 79.9. The molecule has 0 radical (unpaired) electrons. The van der Waals surface area contributed by atoms with Gasteiger partial charge in [-0.25, -0.2) is 0 Å². The van der Waals surface area contributed by atoms with Crippen LogP contribution in [0, 0.1) is 0 Å². The van der Waals surface area contributed by atoms with Crippen LogP contribution in [0.1, 0.15) is 7.43 Å². The second kappa shape index (κ2) is 2.80. The largest absolute Gasteiger partial charge is 0.271 e. The third-order valence-electron chi connectivity index (χ3n) is 0.467. The molecular formula is C4H7BrN2. The van der Waals surface area contributed by atoms with Crippen molar-refractivity contribution in [2.24, 2.45) is 0 Å². The molecule has 40 valence electrons. The summed E-state index contributed by atoms with van der Waals surface area (Å²) in [4.78, 5) is 0. The van der Waals surface area contributed by atoms with Crippen molar-refractivity contribution in [3.63, 3.8) is 0 Å². The summed E-state index contributed by atoms with van der Waals surface area (Å²) in [5, 5.41) is 6.32. The van der Waals surface area contributed by atoms with E-state index in [1.54, 1.807) is 6.20 Å². The Balaban J connectivity index is 0.000000360. The van der Waals surface area contributed by atoms with Crippen LogP contribution >= 0.6 is 15.9 Å². The summed E-state index contributed by atoms with van der Waals surface area (Å²) >= 11 is 3.16. The van der Waals surface area contributed by atoms with Crippen LogP contribution in [0.3, 0.4) is 0 Å². The molecule has 1 aromatic heterocycles. The van der Waals surface area contributed by atoms with E-state index in [0.29, 0.717) is 0 Å². The third kappa shape index (κ3) is 1.73. The maximum Gasteiger partial charge on any atom is 0.100 e. The summed E-state index contributed by atoms with van der Waals surface area (Å²) in [7, 11) is 0. The molecule has 0 atom stereocenters. The number of aromatic nitrogens is 2. The molecule has 2 nitrogen and oxygen atoms in total. The molecule has 0 aliphatic rings. The molecule has 0 aromatic carbocycles. The highest BCUT2D eigenvalue weighted by molar-refractivity contribution is 9.10. The van der Waals surface area contributed by atoms with Crippen molar-refractivity contribution < 1.29 is 0 Å². The predicted octanol–water partition coefficient (Wildman–Crippen LogP) is 1.81. The van der Waals surface area contributed by atoms with E-state index in [1.165, 1.54) is 0 Å². The van der Waals surface area contributed by atoms with Gasteiger partial charge in [0, 0.05) is 6.20 Å². The van der Waals surface area contributed by atoms with Crippen LogP contribution < -0.4 is 0 Å². The van der Waals surface area contributed by atoms with Crippen molar-refractivity contribution in [2.45, 2.75) is 7.43 Å². The summed E-state index contributed by atoms with van der Waals surface area (Å²) in [6, 6.07) is 1.83. The van der Waals surface area contributed by atoms with Crippen molar-refractivity contribution in [1.82, 2.24) is 10.2 Å². The molecule has 0 aliphatic carbocycles. The van der Waals surface area contributed by atoms with Crippen LogP contribution in [0.2, 0.25) is 0 Å². The highest BCUT2D eigenvalue weighted by Gasteiger charge is 1.76. The minimum Gasteiger partial charge on any atom is -0.271 e. The van der Waals surface area contributed by atoms with Gasteiger partial charge in [-0.05, 0) is 22.0 Å². The normalized spacial score (nSPS) is 7.57. The van der Waals surface area contributed by atoms with E-state index in [1.807, 2.05) is 6.07 Å². The first-order chi connectivity index (χ1) is 2.89. The topological polar surface area (TPSA) is 28.7 Å². The first-order valence-corrected chi connectivity index (χ1v) is 2.34. The second-order valence-corrected chi connectivity index (χ2v) is 1.76. The fourth-order valence-corrected chi connectivity index (χ4v) is 0.459. The smallest absolute Gasteiger partial charge is 0.100 e. The van der Waals surface area contributed by atoms with E-state index in [-0.39, 0.29) is 7.43 Å². The lowest BCUT2D eigenvalue weighted by Crippen LogP contribution is -1.59. The van der Waals surface area contributed by atoms with Crippen molar-refractivity contribution in [2.75, 3.05) is 0 Å². The molecule has 0 saturated carbocycles. The zero-order chi connectivity index (χ0) is 4.41. The Morgan fingerprint density at radius 1 is 1.71 bits per heavy atom. The monoisotopic (exact) mass is 162 g/mol. The quantitative estimate of drug-likeness (QED) is 0.620. The van der Waals surface area contributed by atoms with Gasteiger partial charge in [-0.1, -0.05) is 7.43 Å². The molecule has 1 rings (SSSR count). The van der Waals surface area contributed by atoms with E-state index < -0.39 is 0 Å². The Morgan fingerprint density at radius 3 is 2.57 bits per heavy atom. The lowest BCUT2D eigenvalue weighted by Gasteiger charge is -1.65. The number of H-pyrrole nitrogens is 1. The van der Waals surface area contributed by atoms with Gasteiger partial charge in [-0.3, -0.25) is 5.10 Å². The van der Waals surface area contributed by atoms with Crippen molar-refractivity contribution in [3.05, 3.63) is 16.9 Å². The number of halogens is 1. The summed E-state index contributed by atoms with van der Waals surface area (Å²) in [5.74, 6) is 0. The molecule has 0 aliphatic heterocycles. The van der Waals surface area contributed by atoms with Gasteiger partial charge in [0.05, 0.1) is 0 Å². The standard InChI is InChI=1S/C3H3BrN2.CH4/c4-3-1-2-5-6-3;/h1-2H,(H,5,6);1H4. The van der Waals surface area contributed by atoms with E-state index in [0.717, 1.165) is 4.60 Å². The van der Waals surface area contributed by atoms with Gasteiger partial charge < -0.3 is 0 Å². The van der Waals surface area contributed by atoms with E-state index in [4.69, 9.17) is 0 Å². The molecule has 0 bridgehead atoms. The van der Waals surface area contributed by atoms with E-state index in [2.05, 4.69) is 26.1 Å². The lowest BCUT2D eigenvalue weighted by molar-refractivity contribution is 1.07. The van der Waals surface area contributed by atoms with Crippen LogP contribution in [0.5, 0.6) is 0 Å². The SMILES string of the molecule is Brc1ccn[nH]1.C. The summed E-state index contributed by atoms with van der Waals surface area (Å²) < 4.78 is 0.919. The van der Waals surface area contributed by atoms with Gasteiger partial charge in [0.1, 0.15) is 4.60 Å². The lowest BCUT2D eigenvalue weighted by atomic mass is 10.8. The molecule has 0 saturated heterocycles. The average Bonchev–Trinajstić information content (AvgIpc) is 1.86. The summed E-state index contributed by atoms with van der Waals surface area (Å²) in [6.07, 6.45) is 1.68. The van der Waals surface area contributed by atoms with Crippen LogP contribution in [0.25, 0.3) is 0 Å². The fraction of sp³-hybridized carbons (Fsp3) is 0.250. The average molecular weight is 163 g/mol. The molecule has 1 heterocycles. The number of hydrogen-bond acceptors (Lipinski definition) is 1. The van der Waals surface area contributed by atoms with E-state index in [9.17, 15) is 0 Å². The number of nitrogens with one attached hydrogen (secondary N) is 1.